The molecule has 0 aromatic heterocycles. The second-order valence-electron chi connectivity index (χ2n) is 5.57. The number of benzene rings is 1. The molecule has 1 fully saturated rings. The molecule has 114 valence electrons. The van der Waals surface area contributed by atoms with Crippen molar-refractivity contribution in [2.45, 2.75) is 45.1 Å². The first-order valence-corrected chi connectivity index (χ1v) is 7.18. The van der Waals surface area contributed by atoms with E-state index in [4.69, 9.17) is 0 Å². The maximum atomic E-state index is 11.9. The first-order chi connectivity index (χ1) is 9.92. The topological polar surface area (TPSA) is 83.7 Å². The van der Waals surface area contributed by atoms with Crippen molar-refractivity contribution in [2.75, 3.05) is 11.4 Å². The van der Waals surface area contributed by atoms with Crippen LogP contribution in [0.4, 0.5) is 11.4 Å². The molecule has 1 heterocycles. The van der Waals surface area contributed by atoms with E-state index in [0.717, 1.165) is 18.4 Å². The van der Waals surface area contributed by atoms with Gasteiger partial charge in [-0.15, -0.1) is 0 Å². The lowest BCUT2D eigenvalue weighted by Gasteiger charge is -2.37. The molecule has 0 bridgehead atoms. The smallest absolute Gasteiger partial charge is 0.329 e. The fourth-order valence-corrected chi connectivity index (χ4v) is 3.23. The third-order valence-corrected chi connectivity index (χ3v) is 4.24. The Morgan fingerprint density at radius 3 is 2.81 bits per heavy atom. The average molecular weight is 292 g/mol. The van der Waals surface area contributed by atoms with Crippen molar-refractivity contribution in [1.29, 1.82) is 0 Å². The second-order valence-corrected chi connectivity index (χ2v) is 5.57. The lowest BCUT2D eigenvalue weighted by molar-refractivity contribution is -0.384. The van der Waals surface area contributed by atoms with Crippen LogP contribution in [0.2, 0.25) is 0 Å². The van der Waals surface area contributed by atoms with Crippen LogP contribution in [0.25, 0.3) is 0 Å². The van der Waals surface area contributed by atoms with E-state index in [2.05, 4.69) is 0 Å². The summed E-state index contributed by atoms with van der Waals surface area (Å²) in [6, 6.07) is 4.63. The number of nitro groups is 1. The van der Waals surface area contributed by atoms with Crippen LogP contribution in [-0.4, -0.2) is 28.1 Å². The molecule has 1 aromatic carbocycles. The minimum absolute atomic E-state index is 0.00159. The van der Waals surface area contributed by atoms with Crippen molar-refractivity contribution in [3.8, 4) is 0 Å². The highest BCUT2D eigenvalue weighted by atomic mass is 16.6. The minimum Gasteiger partial charge on any atom is -0.479 e. The number of hydrogen-bond donors (Lipinski definition) is 1. The van der Waals surface area contributed by atoms with Crippen molar-refractivity contribution in [2.24, 2.45) is 0 Å². The summed E-state index contributed by atoms with van der Waals surface area (Å²) in [5.41, 5.74) is 0.592. The van der Waals surface area contributed by atoms with Gasteiger partial charge in [-0.3, -0.25) is 10.1 Å². The van der Waals surface area contributed by atoms with Crippen molar-refractivity contribution < 1.29 is 14.8 Å². The van der Waals surface area contributed by atoms with E-state index in [1.165, 1.54) is 12.1 Å². The molecule has 1 atom stereocenters. The summed E-state index contributed by atoms with van der Waals surface area (Å²) in [6.45, 7) is 4.44. The third kappa shape index (κ3) is 2.57. The lowest BCUT2D eigenvalue weighted by atomic mass is 9.90. The number of aryl methyl sites for hydroxylation is 1. The highest BCUT2D eigenvalue weighted by molar-refractivity contribution is 5.85. The third-order valence-electron chi connectivity index (χ3n) is 4.24. The standard InChI is InChI=1S/C15H20N2O4/c1-3-7-15(14(18)19)8-4-9-16(15)13-10-12(17(20)21)6-5-11(13)2/h5-6,10H,3-4,7-9H2,1-2H3,(H,18,19). The number of hydrogen-bond acceptors (Lipinski definition) is 4. The zero-order valence-corrected chi connectivity index (χ0v) is 12.3. The quantitative estimate of drug-likeness (QED) is 0.666. The van der Waals surface area contributed by atoms with E-state index in [0.29, 0.717) is 25.1 Å². The molecule has 0 spiro atoms. The van der Waals surface area contributed by atoms with Crippen molar-refractivity contribution in [3.63, 3.8) is 0 Å². The van der Waals surface area contributed by atoms with Crippen molar-refractivity contribution in [1.82, 2.24) is 0 Å². The van der Waals surface area contributed by atoms with E-state index in [1.54, 1.807) is 6.07 Å². The van der Waals surface area contributed by atoms with Gasteiger partial charge in [0.2, 0.25) is 0 Å². The molecule has 0 aliphatic carbocycles. The summed E-state index contributed by atoms with van der Waals surface area (Å²) in [5.74, 6) is -0.840. The van der Waals surface area contributed by atoms with Gasteiger partial charge < -0.3 is 10.0 Å². The Labute approximate surface area is 123 Å². The van der Waals surface area contributed by atoms with E-state index in [9.17, 15) is 20.0 Å². The maximum Gasteiger partial charge on any atom is 0.329 e. The number of carboxylic acid groups (broad SMARTS) is 1. The molecule has 0 radical (unpaired) electrons. The second kappa shape index (κ2) is 5.71. The fraction of sp³-hybridized carbons (Fsp3) is 0.533. The molecular formula is C15H20N2O4. The highest BCUT2D eigenvalue weighted by Gasteiger charge is 2.47. The summed E-state index contributed by atoms with van der Waals surface area (Å²) in [4.78, 5) is 24.2. The van der Waals surface area contributed by atoms with Gasteiger partial charge in [0.15, 0.2) is 0 Å². The monoisotopic (exact) mass is 292 g/mol. The summed E-state index contributed by atoms with van der Waals surface area (Å²) in [7, 11) is 0. The Kier molecular flexibility index (Phi) is 4.16. The molecule has 0 saturated carbocycles. The molecule has 1 aliphatic rings. The van der Waals surface area contributed by atoms with Crippen LogP contribution in [0.5, 0.6) is 0 Å². The summed E-state index contributed by atoms with van der Waals surface area (Å²) in [5, 5.41) is 20.7. The van der Waals surface area contributed by atoms with Crippen LogP contribution in [0.1, 0.15) is 38.2 Å². The van der Waals surface area contributed by atoms with Crippen molar-refractivity contribution in [3.05, 3.63) is 33.9 Å². The first kappa shape index (κ1) is 15.3. The molecule has 6 heteroatoms. The van der Waals surface area contributed by atoms with Gasteiger partial charge in [-0.1, -0.05) is 19.4 Å². The van der Waals surface area contributed by atoms with E-state index in [1.807, 2.05) is 18.7 Å². The van der Waals surface area contributed by atoms with Gasteiger partial charge in [-0.05, 0) is 31.7 Å². The van der Waals surface area contributed by atoms with E-state index < -0.39 is 16.4 Å². The van der Waals surface area contributed by atoms with Crippen LogP contribution in [0.3, 0.4) is 0 Å². The molecule has 1 unspecified atom stereocenters. The molecular weight excluding hydrogens is 272 g/mol. The van der Waals surface area contributed by atoms with Crippen LogP contribution in [0, 0.1) is 17.0 Å². The first-order valence-electron chi connectivity index (χ1n) is 7.18. The Balaban J connectivity index is 2.51. The van der Waals surface area contributed by atoms with Gasteiger partial charge in [-0.2, -0.15) is 0 Å². The normalized spacial score (nSPS) is 21.5. The fourth-order valence-electron chi connectivity index (χ4n) is 3.23. The molecule has 21 heavy (non-hydrogen) atoms. The van der Waals surface area contributed by atoms with Gasteiger partial charge in [0.05, 0.1) is 4.92 Å². The minimum atomic E-state index is -0.936. The Morgan fingerprint density at radius 2 is 2.24 bits per heavy atom. The number of carbonyl (C=O) groups is 1. The van der Waals surface area contributed by atoms with Crippen LogP contribution in [0.15, 0.2) is 18.2 Å². The van der Waals surface area contributed by atoms with Crippen LogP contribution < -0.4 is 4.90 Å². The number of aliphatic carboxylic acids is 1. The molecule has 2 rings (SSSR count). The zero-order valence-electron chi connectivity index (χ0n) is 12.3. The SMILES string of the molecule is CCCC1(C(=O)O)CCCN1c1cc([N+](=O)[O-])ccc1C. The number of rotatable bonds is 5. The van der Waals surface area contributed by atoms with Crippen LogP contribution in [-0.2, 0) is 4.79 Å². The zero-order chi connectivity index (χ0) is 15.6. The number of nitro benzene ring substituents is 1. The Morgan fingerprint density at radius 1 is 1.52 bits per heavy atom. The molecule has 1 saturated heterocycles. The number of carboxylic acids is 1. The van der Waals surface area contributed by atoms with E-state index >= 15 is 0 Å². The maximum absolute atomic E-state index is 11.9. The van der Waals surface area contributed by atoms with Gasteiger partial charge in [-0.25, -0.2) is 4.79 Å². The average Bonchev–Trinajstić information content (AvgIpc) is 2.84. The van der Waals surface area contributed by atoms with Gasteiger partial charge >= 0.3 is 5.97 Å². The van der Waals surface area contributed by atoms with Crippen LogP contribution >= 0.6 is 0 Å². The molecule has 1 aliphatic heterocycles. The highest BCUT2D eigenvalue weighted by Crippen LogP contribution is 2.40. The number of non-ortho nitro benzene ring substituents is 1. The van der Waals surface area contributed by atoms with Gasteiger partial charge in [0.25, 0.3) is 5.69 Å². The summed E-state index contributed by atoms with van der Waals surface area (Å²) in [6.07, 6.45) is 2.67. The van der Waals surface area contributed by atoms with Gasteiger partial charge in [0, 0.05) is 24.4 Å². The largest absolute Gasteiger partial charge is 0.479 e. The molecule has 0 amide bonds. The Bertz CT molecular complexity index is 573. The molecule has 6 nitrogen and oxygen atoms in total. The summed E-state index contributed by atoms with van der Waals surface area (Å²) < 4.78 is 0. The molecule has 1 N–H and O–H groups in total. The predicted octanol–water partition coefficient (Wildman–Crippen LogP) is 3.13. The van der Waals surface area contributed by atoms with Crippen molar-refractivity contribution >= 4 is 17.3 Å². The van der Waals surface area contributed by atoms with E-state index in [-0.39, 0.29) is 5.69 Å². The predicted molar refractivity (Wildman–Crippen MR) is 79.7 cm³/mol. The Hall–Kier alpha value is -2.11. The van der Waals surface area contributed by atoms with Gasteiger partial charge in [0.1, 0.15) is 5.54 Å². The number of nitrogens with zero attached hydrogens (tertiary/aromatic N) is 2. The number of anilines is 1. The summed E-state index contributed by atoms with van der Waals surface area (Å²) >= 11 is 0. The lowest BCUT2D eigenvalue weighted by Crippen LogP contribution is -2.51. The molecule has 1 aromatic rings.